The first kappa shape index (κ1) is 11.7. The van der Waals surface area contributed by atoms with Crippen LogP contribution in [0.5, 0.6) is 0 Å². The van der Waals surface area contributed by atoms with Crippen molar-refractivity contribution in [2.75, 3.05) is 13.1 Å². The van der Waals surface area contributed by atoms with Gasteiger partial charge in [0.1, 0.15) is 5.82 Å². The van der Waals surface area contributed by atoms with E-state index in [9.17, 15) is 4.39 Å². The van der Waals surface area contributed by atoms with E-state index in [-0.39, 0.29) is 5.82 Å². The second kappa shape index (κ2) is 4.73. The number of piperidine rings is 1. The highest BCUT2D eigenvalue weighted by atomic mass is 19.1. The summed E-state index contributed by atoms with van der Waals surface area (Å²) in [5, 5.41) is 0.797. The van der Waals surface area contributed by atoms with Gasteiger partial charge in [0.25, 0.3) is 0 Å². The van der Waals surface area contributed by atoms with Crippen LogP contribution in [0.3, 0.4) is 0 Å². The topological polar surface area (TPSA) is 8.17 Å². The Hall–Kier alpha value is -1.35. The number of hydrogen-bond acceptors (Lipinski definition) is 1. The van der Waals surface area contributed by atoms with Gasteiger partial charge in [-0.3, -0.25) is 4.90 Å². The number of nitrogens with zero attached hydrogens (tertiary/aromatic N) is 2. The van der Waals surface area contributed by atoms with Gasteiger partial charge in [0.2, 0.25) is 0 Å². The molecule has 2 aromatic rings. The third-order valence-corrected chi connectivity index (χ3v) is 3.88. The molecule has 1 aromatic heterocycles. The second-order valence-electron chi connectivity index (χ2n) is 5.24. The Morgan fingerprint density at radius 2 is 1.94 bits per heavy atom. The molecular weight excluding hydrogens is 227 g/mol. The van der Waals surface area contributed by atoms with Gasteiger partial charge in [-0.1, -0.05) is 12.5 Å². The molecule has 2 heterocycles. The maximum atomic E-state index is 14.0. The summed E-state index contributed by atoms with van der Waals surface area (Å²) in [6.45, 7) is 3.16. The highest BCUT2D eigenvalue weighted by Gasteiger charge is 2.15. The summed E-state index contributed by atoms with van der Waals surface area (Å²) in [5.74, 6) is -0.0971. The highest BCUT2D eigenvalue weighted by Crippen LogP contribution is 2.25. The number of aromatic nitrogens is 1. The Morgan fingerprint density at radius 1 is 1.17 bits per heavy atom. The van der Waals surface area contributed by atoms with Gasteiger partial charge in [0.15, 0.2) is 0 Å². The van der Waals surface area contributed by atoms with Crippen LogP contribution in [0.4, 0.5) is 4.39 Å². The summed E-state index contributed by atoms with van der Waals surface area (Å²) in [7, 11) is 1.99. The Morgan fingerprint density at radius 3 is 2.72 bits per heavy atom. The number of halogens is 1. The zero-order valence-electron chi connectivity index (χ0n) is 10.8. The van der Waals surface area contributed by atoms with Crippen molar-refractivity contribution in [2.45, 2.75) is 25.8 Å². The molecule has 0 aliphatic carbocycles. The van der Waals surface area contributed by atoms with Crippen LogP contribution in [0.15, 0.2) is 24.4 Å². The van der Waals surface area contributed by atoms with Gasteiger partial charge in [-0.25, -0.2) is 4.39 Å². The molecule has 1 fully saturated rings. The molecule has 1 saturated heterocycles. The van der Waals surface area contributed by atoms with Crippen LogP contribution in [0.1, 0.15) is 24.8 Å². The molecule has 18 heavy (non-hydrogen) atoms. The molecule has 0 bridgehead atoms. The third-order valence-electron chi connectivity index (χ3n) is 3.88. The minimum atomic E-state index is -0.0971. The molecule has 0 spiro atoms. The lowest BCUT2D eigenvalue weighted by molar-refractivity contribution is 0.221. The van der Waals surface area contributed by atoms with E-state index in [0.29, 0.717) is 0 Å². The van der Waals surface area contributed by atoms with E-state index in [2.05, 4.69) is 11.1 Å². The molecule has 0 radical (unpaired) electrons. The average molecular weight is 246 g/mol. The first-order valence-corrected chi connectivity index (χ1v) is 6.70. The van der Waals surface area contributed by atoms with E-state index in [0.717, 1.165) is 36.1 Å². The molecule has 0 atom stereocenters. The molecule has 0 amide bonds. The number of rotatable bonds is 2. The van der Waals surface area contributed by atoms with Crippen molar-refractivity contribution in [2.24, 2.45) is 7.05 Å². The standard InChI is InChI=1S/C15H19FN2/c1-17-10-12(11-18-8-3-2-4-9-18)15-13(16)6-5-7-14(15)17/h5-7,10H,2-4,8-9,11H2,1H3. The van der Waals surface area contributed by atoms with Crippen LogP contribution in [0, 0.1) is 5.82 Å². The van der Waals surface area contributed by atoms with Crippen molar-refractivity contribution in [3.63, 3.8) is 0 Å². The van der Waals surface area contributed by atoms with Gasteiger partial charge in [0.05, 0.1) is 5.52 Å². The largest absolute Gasteiger partial charge is 0.350 e. The van der Waals surface area contributed by atoms with Crippen molar-refractivity contribution in [1.82, 2.24) is 9.47 Å². The van der Waals surface area contributed by atoms with Gasteiger partial charge in [-0.05, 0) is 43.6 Å². The third kappa shape index (κ3) is 2.03. The maximum absolute atomic E-state index is 14.0. The quantitative estimate of drug-likeness (QED) is 0.789. The van der Waals surface area contributed by atoms with Crippen molar-refractivity contribution >= 4 is 10.9 Å². The monoisotopic (exact) mass is 246 g/mol. The van der Waals surface area contributed by atoms with Crippen LogP contribution in [-0.2, 0) is 13.6 Å². The summed E-state index contributed by atoms with van der Waals surface area (Å²) in [5.41, 5.74) is 2.11. The van der Waals surface area contributed by atoms with E-state index >= 15 is 0 Å². The summed E-state index contributed by atoms with van der Waals surface area (Å²) in [6, 6.07) is 5.32. The molecule has 1 aliphatic rings. The summed E-state index contributed by atoms with van der Waals surface area (Å²) >= 11 is 0. The second-order valence-corrected chi connectivity index (χ2v) is 5.24. The van der Waals surface area contributed by atoms with Crippen LogP contribution < -0.4 is 0 Å². The van der Waals surface area contributed by atoms with E-state index in [1.54, 1.807) is 12.1 Å². The zero-order valence-corrected chi connectivity index (χ0v) is 10.8. The fraction of sp³-hybridized carbons (Fsp3) is 0.467. The van der Waals surface area contributed by atoms with Crippen molar-refractivity contribution in [3.8, 4) is 0 Å². The van der Waals surface area contributed by atoms with E-state index in [1.807, 2.05) is 17.7 Å². The van der Waals surface area contributed by atoms with Crippen LogP contribution >= 0.6 is 0 Å². The predicted octanol–water partition coefficient (Wildman–Crippen LogP) is 3.30. The number of hydrogen-bond donors (Lipinski definition) is 0. The number of likely N-dealkylation sites (tertiary alicyclic amines) is 1. The fourth-order valence-electron chi connectivity index (χ4n) is 2.97. The van der Waals surface area contributed by atoms with Gasteiger partial charge in [0, 0.05) is 25.2 Å². The Kier molecular flexibility index (Phi) is 3.08. The Labute approximate surface area is 107 Å². The Bertz CT molecular complexity index is 553. The SMILES string of the molecule is Cn1cc(CN2CCCCC2)c2c(F)cccc21. The number of aryl methyl sites for hydroxylation is 1. The first-order chi connectivity index (χ1) is 8.75. The lowest BCUT2D eigenvalue weighted by atomic mass is 10.1. The highest BCUT2D eigenvalue weighted by molar-refractivity contribution is 5.84. The maximum Gasteiger partial charge on any atom is 0.132 e. The minimum absolute atomic E-state index is 0.0971. The summed E-state index contributed by atoms with van der Waals surface area (Å²) < 4.78 is 16.0. The van der Waals surface area contributed by atoms with Crippen LogP contribution in [0.25, 0.3) is 10.9 Å². The predicted molar refractivity (Wildman–Crippen MR) is 72.0 cm³/mol. The van der Waals surface area contributed by atoms with Crippen molar-refractivity contribution in [1.29, 1.82) is 0 Å². The van der Waals surface area contributed by atoms with Gasteiger partial charge < -0.3 is 4.57 Å². The molecule has 1 aliphatic heterocycles. The normalized spacial score (nSPS) is 17.4. The van der Waals surface area contributed by atoms with Gasteiger partial charge in [-0.15, -0.1) is 0 Å². The van der Waals surface area contributed by atoms with Crippen molar-refractivity contribution < 1.29 is 4.39 Å². The van der Waals surface area contributed by atoms with Crippen molar-refractivity contribution in [3.05, 3.63) is 35.8 Å². The molecule has 2 nitrogen and oxygen atoms in total. The lowest BCUT2D eigenvalue weighted by Crippen LogP contribution is -2.29. The molecular formula is C15H19FN2. The smallest absolute Gasteiger partial charge is 0.132 e. The van der Waals surface area contributed by atoms with E-state index in [1.165, 1.54) is 19.3 Å². The molecule has 0 N–H and O–H groups in total. The van der Waals surface area contributed by atoms with Gasteiger partial charge >= 0.3 is 0 Å². The molecule has 3 rings (SSSR count). The van der Waals surface area contributed by atoms with Crippen LogP contribution in [0.2, 0.25) is 0 Å². The fourth-order valence-corrected chi connectivity index (χ4v) is 2.97. The average Bonchev–Trinajstić information content (AvgIpc) is 2.69. The Balaban J connectivity index is 1.96. The summed E-state index contributed by atoms with van der Waals surface area (Å²) in [6.07, 6.45) is 5.95. The van der Waals surface area contributed by atoms with E-state index < -0.39 is 0 Å². The molecule has 3 heteroatoms. The van der Waals surface area contributed by atoms with Crippen LogP contribution in [-0.4, -0.2) is 22.6 Å². The van der Waals surface area contributed by atoms with Gasteiger partial charge in [-0.2, -0.15) is 0 Å². The molecule has 1 aromatic carbocycles. The minimum Gasteiger partial charge on any atom is -0.350 e. The molecule has 0 saturated carbocycles. The first-order valence-electron chi connectivity index (χ1n) is 6.70. The molecule has 96 valence electrons. The van der Waals surface area contributed by atoms with E-state index in [4.69, 9.17) is 0 Å². The molecule has 0 unspecified atom stereocenters. The number of benzene rings is 1. The summed E-state index contributed by atoms with van der Waals surface area (Å²) in [4.78, 5) is 2.44. The zero-order chi connectivity index (χ0) is 12.5. The lowest BCUT2D eigenvalue weighted by Gasteiger charge is -2.26. The number of fused-ring (bicyclic) bond motifs is 1.